The molecule has 0 aliphatic rings. The maximum Gasteiger partial charge on any atom is 0.333 e. The van der Waals surface area contributed by atoms with Crippen LogP contribution < -0.4 is 0 Å². The predicted molar refractivity (Wildman–Crippen MR) is 89.4 cm³/mol. The normalized spacial score (nSPS) is 10.4. The fourth-order valence-corrected chi connectivity index (χ4v) is 2.27. The molecule has 0 spiro atoms. The lowest BCUT2D eigenvalue weighted by molar-refractivity contribution is -0.139. The summed E-state index contributed by atoms with van der Waals surface area (Å²) in [7, 11) is 0. The van der Waals surface area contributed by atoms with Crippen LogP contribution in [0.3, 0.4) is 0 Å². The van der Waals surface area contributed by atoms with Crippen LogP contribution in [0.5, 0.6) is 0 Å². The highest BCUT2D eigenvalue weighted by Gasteiger charge is 2.02. The maximum absolute atomic E-state index is 11.2. The van der Waals surface area contributed by atoms with Gasteiger partial charge in [-0.3, -0.25) is 0 Å². The van der Waals surface area contributed by atoms with Crippen molar-refractivity contribution in [1.82, 2.24) is 9.55 Å². The molecule has 1 aromatic rings. The lowest BCUT2D eigenvalue weighted by Crippen LogP contribution is -2.06. The first-order chi connectivity index (χ1) is 9.91. The van der Waals surface area contributed by atoms with Gasteiger partial charge in [0.1, 0.15) is 4.64 Å². The molecule has 4 nitrogen and oxygen atoms in total. The summed E-state index contributed by atoms with van der Waals surface area (Å²) in [5.41, 5.74) is 1.48. The number of hydrogen-bond donors (Lipinski definition) is 1. The third kappa shape index (κ3) is 6.35. The van der Waals surface area contributed by atoms with Crippen molar-refractivity contribution in [2.75, 3.05) is 6.61 Å². The van der Waals surface area contributed by atoms with Crippen molar-refractivity contribution in [3.63, 3.8) is 0 Å². The fraction of sp³-hybridized carbons (Fsp3) is 0.533. The zero-order valence-electron chi connectivity index (χ0n) is 12.6. The van der Waals surface area contributed by atoms with Crippen molar-refractivity contribution < 1.29 is 9.53 Å². The minimum atomic E-state index is -0.309. The van der Waals surface area contributed by atoms with Crippen LogP contribution in [-0.2, 0) is 16.1 Å². The molecule has 0 bridgehead atoms. The van der Waals surface area contributed by atoms with Crippen LogP contribution in [0.4, 0.5) is 0 Å². The zero-order chi connectivity index (χ0) is 15.8. The number of H-pyrrole nitrogens is 1. The van der Waals surface area contributed by atoms with E-state index in [0.29, 0.717) is 21.6 Å². The monoisotopic (exact) mass is 326 g/mol. The van der Waals surface area contributed by atoms with Gasteiger partial charge in [0.05, 0.1) is 6.61 Å². The van der Waals surface area contributed by atoms with Gasteiger partial charge in [-0.1, -0.05) is 25.2 Å². The van der Waals surface area contributed by atoms with Gasteiger partial charge in [0.25, 0.3) is 0 Å². The molecule has 116 valence electrons. The smallest absolute Gasteiger partial charge is 0.333 e. The Kier molecular flexibility index (Phi) is 7.53. The zero-order valence-corrected chi connectivity index (χ0v) is 14.2. The van der Waals surface area contributed by atoms with Crippen molar-refractivity contribution in [3.8, 4) is 0 Å². The van der Waals surface area contributed by atoms with E-state index in [0.717, 1.165) is 37.8 Å². The molecule has 0 saturated heterocycles. The summed E-state index contributed by atoms with van der Waals surface area (Å²) in [6.45, 7) is 8.50. The lowest BCUT2D eigenvalue weighted by atomic mass is 10.2. The number of ether oxygens (including phenoxy) is 1. The number of aromatic nitrogens is 2. The number of aryl methyl sites for hydroxylation is 2. The summed E-state index contributed by atoms with van der Waals surface area (Å²) in [4.78, 5) is 14.2. The molecule has 6 heteroatoms. The molecule has 0 aliphatic heterocycles. The Morgan fingerprint density at radius 3 is 2.67 bits per heavy atom. The molecular weight excluding hydrogens is 304 g/mol. The predicted octanol–water partition coefficient (Wildman–Crippen LogP) is 4.26. The van der Waals surface area contributed by atoms with E-state index < -0.39 is 0 Å². The summed E-state index contributed by atoms with van der Waals surface area (Å²) < 4.78 is 8.43. The van der Waals surface area contributed by atoms with Gasteiger partial charge in [0, 0.05) is 23.9 Å². The van der Waals surface area contributed by atoms with Gasteiger partial charge in [0.2, 0.25) is 0 Å². The number of hydrogen-bond acceptors (Lipinski definition) is 4. The second-order valence-electron chi connectivity index (χ2n) is 5.10. The molecule has 0 fully saturated rings. The van der Waals surface area contributed by atoms with E-state index in [1.54, 1.807) is 6.92 Å². The number of unbranched alkanes of at least 4 members (excludes halogenated alkanes) is 3. The second kappa shape index (κ2) is 8.89. The number of carbonyl (C=O) groups is 1. The number of aromatic amines is 1. The van der Waals surface area contributed by atoms with Gasteiger partial charge in [-0.25, -0.2) is 4.79 Å². The summed E-state index contributed by atoms with van der Waals surface area (Å²) >= 11 is 10.4. The van der Waals surface area contributed by atoms with E-state index in [9.17, 15) is 4.79 Å². The van der Waals surface area contributed by atoms with Crippen LogP contribution in [0.2, 0.25) is 0 Å². The average molecular weight is 326 g/mol. The topological polar surface area (TPSA) is 47.0 Å². The molecule has 0 aliphatic carbocycles. The fourth-order valence-electron chi connectivity index (χ4n) is 1.81. The highest BCUT2D eigenvalue weighted by molar-refractivity contribution is 7.72. The third-order valence-corrected chi connectivity index (χ3v) is 3.82. The Bertz CT molecular complexity index is 617. The van der Waals surface area contributed by atoms with Crippen LogP contribution in [-0.4, -0.2) is 22.1 Å². The van der Waals surface area contributed by atoms with E-state index in [1.165, 1.54) is 0 Å². The van der Waals surface area contributed by atoms with Gasteiger partial charge in [0.15, 0.2) is 4.77 Å². The molecule has 1 rings (SSSR count). The quantitative estimate of drug-likeness (QED) is 0.335. The minimum Gasteiger partial charge on any atom is -0.462 e. The molecule has 21 heavy (non-hydrogen) atoms. The molecule has 0 radical (unpaired) electrons. The van der Waals surface area contributed by atoms with Gasteiger partial charge in [-0.2, -0.15) is 0 Å². The molecule has 0 unspecified atom stereocenters. The molecule has 0 atom stereocenters. The van der Waals surface area contributed by atoms with Crippen molar-refractivity contribution >= 4 is 30.4 Å². The Morgan fingerprint density at radius 1 is 1.33 bits per heavy atom. The molecule has 1 heterocycles. The molecule has 1 N–H and O–H groups in total. The van der Waals surface area contributed by atoms with E-state index >= 15 is 0 Å². The number of carbonyl (C=O) groups excluding carboxylic acids is 1. The number of nitrogens with zero attached hydrogens (tertiary/aromatic N) is 1. The molecular formula is C15H22N2O2S2. The Balaban J connectivity index is 2.22. The second-order valence-corrected chi connectivity index (χ2v) is 5.89. The Morgan fingerprint density at radius 2 is 2.00 bits per heavy atom. The van der Waals surface area contributed by atoms with E-state index in [2.05, 4.69) is 11.6 Å². The first-order valence-electron chi connectivity index (χ1n) is 7.05. The van der Waals surface area contributed by atoms with E-state index in [1.807, 2.05) is 17.7 Å². The van der Waals surface area contributed by atoms with Crippen molar-refractivity contribution in [2.24, 2.45) is 0 Å². The highest BCUT2D eigenvalue weighted by Crippen LogP contribution is 2.06. The van der Waals surface area contributed by atoms with Crippen LogP contribution in [0.1, 0.15) is 38.2 Å². The van der Waals surface area contributed by atoms with Gasteiger partial charge in [-0.15, -0.1) is 0 Å². The highest BCUT2D eigenvalue weighted by atomic mass is 32.1. The van der Waals surface area contributed by atoms with E-state index in [4.69, 9.17) is 29.2 Å². The summed E-state index contributed by atoms with van der Waals surface area (Å²) in [6, 6.07) is 0. The molecule has 1 aromatic heterocycles. The van der Waals surface area contributed by atoms with Crippen LogP contribution >= 0.6 is 24.4 Å². The first-order valence-corrected chi connectivity index (χ1v) is 7.86. The molecule has 0 saturated carbocycles. The maximum atomic E-state index is 11.2. The summed E-state index contributed by atoms with van der Waals surface area (Å²) in [5, 5.41) is 0. The lowest BCUT2D eigenvalue weighted by Gasteiger charge is -2.08. The van der Waals surface area contributed by atoms with Crippen molar-refractivity contribution in [2.45, 2.75) is 46.1 Å². The summed E-state index contributed by atoms with van der Waals surface area (Å²) in [5.74, 6) is -0.309. The van der Waals surface area contributed by atoms with Crippen molar-refractivity contribution in [1.29, 1.82) is 0 Å². The Labute approximate surface area is 135 Å². The largest absolute Gasteiger partial charge is 0.462 e. The molecule has 0 amide bonds. The summed E-state index contributed by atoms with van der Waals surface area (Å²) in [6.07, 6.45) is 6.00. The van der Waals surface area contributed by atoms with Crippen molar-refractivity contribution in [3.05, 3.63) is 33.3 Å². The van der Waals surface area contributed by atoms with Crippen LogP contribution in [0, 0.1) is 16.3 Å². The number of esters is 1. The van der Waals surface area contributed by atoms with Gasteiger partial charge in [-0.05, 0) is 45.3 Å². The van der Waals surface area contributed by atoms with Crippen LogP contribution in [0.15, 0.2) is 18.3 Å². The number of rotatable bonds is 8. The number of nitrogens with one attached hydrogen (secondary N) is 1. The van der Waals surface area contributed by atoms with Crippen LogP contribution in [0.25, 0.3) is 0 Å². The Hall–Kier alpha value is -1.27. The first kappa shape index (κ1) is 17.8. The van der Waals surface area contributed by atoms with E-state index in [-0.39, 0.29) is 5.97 Å². The van der Waals surface area contributed by atoms with Gasteiger partial charge < -0.3 is 14.3 Å². The molecule has 0 aromatic carbocycles. The standard InChI is InChI=1S/C15H22N2O2S2/c1-11(2)14(18)19-9-7-5-4-6-8-17-10-12(3)13(20)16-15(17)21/h10H,1,4-9H2,2-3H3,(H,16,20,21). The third-order valence-electron chi connectivity index (χ3n) is 3.06. The SMILES string of the molecule is C=C(C)C(=O)OCCCCCCn1cc(C)c(=S)[nH]c1=S. The van der Waals surface area contributed by atoms with Gasteiger partial charge >= 0.3 is 5.97 Å². The minimum absolute atomic E-state index is 0.309. The average Bonchev–Trinajstić information content (AvgIpc) is 2.42.